The Labute approximate surface area is 95.8 Å². The Morgan fingerprint density at radius 3 is 2.27 bits per heavy atom. The molecule has 0 aliphatic carbocycles. The third-order valence-corrected chi connectivity index (χ3v) is 1.69. The summed E-state index contributed by atoms with van der Waals surface area (Å²) in [7, 11) is 9.02. The van der Waals surface area contributed by atoms with Gasteiger partial charge in [-0.2, -0.15) is 0 Å². The van der Waals surface area contributed by atoms with Crippen molar-refractivity contribution in [2.45, 2.75) is 20.2 Å². The summed E-state index contributed by atoms with van der Waals surface area (Å²) < 4.78 is 0. The van der Waals surface area contributed by atoms with E-state index in [1.165, 1.54) is 4.90 Å². The molecule has 0 aromatic rings. The summed E-state index contributed by atoms with van der Waals surface area (Å²) in [4.78, 5) is 23.3. The molecule has 0 aliphatic heterocycles. The van der Waals surface area contributed by atoms with Crippen molar-refractivity contribution in [2.24, 2.45) is 0 Å². The third-order valence-electron chi connectivity index (χ3n) is 1.51. The van der Waals surface area contributed by atoms with Crippen LogP contribution in [0, 0.1) is 0 Å². The Kier molecular flexibility index (Phi) is 13.2. The molecule has 1 unspecified atom stereocenters. The molecule has 0 rings (SSSR count). The Bertz CT molecular complexity index is 191. The molecule has 2 radical (unpaired) electrons. The van der Waals surface area contributed by atoms with Gasteiger partial charge in [0.15, 0.2) is 5.52 Å². The highest BCUT2D eigenvalue weighted by atomic mass is 31.0. The molecule has 0 aromatic carbocycles. The molecule has 0 aromatic heterocycles. The number of hydrogen-bond acceptors (Lipinski definition) is 3. The number of carbonyl (C=O) groups is 2. The average molecular weight is 230 g/mol. The highest BCUT2D eigenvalue weighted by molar-refractivity contribution is 7.40. The number of rotatable bonds is 6. The number of carbonyl (C=O) groups excluding carboxylic acids is 2. The summed E-state index contributed by atoms with van der Waals surface area (Å²) in [5, 5.41) is 2.90. The van der Waals surface area contributed by atoms with E-state index in [9.17, 15) is 9.59 Å². The largest absolute Gasteiger partial charge is 0.334 e. The molecule has 0 heterocycles. The van der Waals surface area contributed by atoms with E-state index in [1.807, 2.05) is 23.1 Å². The normalized spacial score (nSPS) is 8.80. The van der Waals surface area contributed by atoms with Crippen LogP contribution in [-0.2, 0) is 9.59 Å². The Hall–Kier alpha value is -0.405. The van der Waals surface area contributed by atoms with Gasteiger partial charge in [-0.15, -0.1) is 0 Å². The van der Waals surface area contributed by atoms with Crippen LogP contribution in [-0.4, -0.2) is 50.9 Å². The second-order valence-electron chi connectivity index (χ2n) is 2.59. The van der Waals surface area contributed by atoms with Crippen molar-refractivity contribution in [1.29, 1.82) is 0 Å². The van der Waals surface area contributed by atoms with E-state index in [4.69, 9.17) is 7.85 Å². The van der Waals surface area contributed by atoms with Gasteiger partial charge in [-0.05, 0) is 13.4 Å². The predicted octanol–water partition coefficient (Wildman–Crippen LogP) is 0.0491. The molecular weight excluding hydrogens is 210 g/mol. The molecule has 4 nitrogen and oxygen atoms in total. The van der Waals surface area contributed by atoms with E-state index in [0.717, 1.165) is 0 Å². The van der Waals surface area contributed by atoms with Gasteiger partial charge in [-0.25, -0.2) is 0 Å². The van der Waals surface area contributed by atoms with Crippen LogP contribution in [0.2, 0.25) is 6.32 Å². The number of amides is 1. The van der Waals surface area contributed by atoms with Gasteiger partial charge in [0, 0.05) is 13.1 Å². The van der Waals surface area contributed by atoms with E-state index in [-0.39, 0.29) is 24.3 Å². The van der Waals surface area contributed by atoms with Crippen molar-refractivity contribution in [3.63, 3.8) is 0 Å². The van der Waals surface area contributed by atoms with Crippen LogP contribution in [0.4, 0.5) is 0 Å². The maximum atomic E-state index is 11.2. The third kappa shape index (κ3) is 9.89. The summed E-state index contributed by atoms with van der Waals surface area (Å²) >= 11 is 0. The van der Waals surface area contributed by atoms with Crippen LogP contribution in [0.15, 0.2) is 0 Å². The smallest absolute Gasteiger partial charge is 0.214 e. The van der Waals surface area contributed by atoms with Crippen LogP contribution in [0.25, 0.3) is 0 Å². The second-order valence-corrected chi connectivity index (χ2v) is 3.23. The fourth-order valence-electron chi connectivity index (χ4n) is 0.856. The Balaban J connectivity index is 0. The molecule has 0 fully saturated rings. The minimum absolute atomic E-state index is 0.0539. The molecular formula is C9H20BN2O2P. The van der Waals surface area contributed by atoms with E-state index >= 15 is 0 Å². The maximum Gasteiger partial charge on any atom is 0.214 e. The SMILES string of the molecule is CC.[B]CC(=O)N(CCNC)CC(=O)P. The highest BCUT2D eigenvalue weighted by Crippen LogP contribution is 1.96. The second kappa shape index (κ2) is 11.7. The van der Waals surface area contributed by atoms with Gasteiger partial charge in [0.1, 0.15) is 0 Å². The van der Waals surface area contributed by atoms with Crippen LogP contribution >= 0.6 is 9.24 Å². The molecule has 0 aliphatic rings. The average Bonchev–Trinajstić information content (AvgIpc) is 2.25. The van der Waals surface area contributed by atoms with E-state index in [2.05, 4.69) is 5.32 Å². The topological polar surface area (TPSA) is 49.4 Å². The number of hydrogen-bond donors (Lipinski definition) is 1. The molecule has 6 heteroatoms. The lowest BCUT2D eigenvalue weighted by molar-refractivity contribution is -0.131. The van der Waals surface area contributed by atoms with E-state index < -0.39 is 0 Å². The zero-order valence-electron chi connectivity index (χ0n) is 9.75. The minimum atomic E-state index is -0.203. The lowest BCUT2D eigenvalue weighted by Crippen LogP contribution is -2.38. The molecule has 86 valence electrons. The van der Waals surface area contributed by atoms with Gasteiger partial charge < -0.3 is 10.2 Å². The van der Waals surface area contributed by atoms with E-state index in [1.54, 1.807) is 7.05 Å². The van der Waals surface area contributed by atoms with Gasteiger partial charge in [-0.1, -0.05) is 23.1 Å². The van der Waals surface area contributed by atoms with Crippen molar-refractivity contribution < 1.29 is 9.59 Å². The molecule has 0 spiro atoms. The fraction of sp³-hybridized carbons (Fsp3) is 0.778. The van der Waals surface area contributed by atoms with Crippen molar-refractivity contribution in [2.75, 3.05) is 26.7 Å². The molecule has 0 saturated carbocycles. The first kappa shape index (κ1) is 17.0. The van der Waals surface area contributed by atoms with E-state index in [0.29, 0.717) is 13.1 Å². The predicted molar refractivity (Wildman–Crippen MR) is 67.1 cm³/mol. The molecule has 0 bridgehead atoms. The first-order valence-electron chi connectivity index (χ1n) is 5.02. The minimum Gasteiger partial charge on any atom is -0.334 e. The van der Waals surface area contributed by atoms with Crippen LogP contribution in [0.3, 0.4) is 0 Å². The van der Waals surface area contributed by atoms with Crippen molar-refractivity contribution >= 4 is 28.5 Å². The van der Waals surface area contributed by atoms with Crippen molar-refractivity contribution in [3.05, 3.63) is 0 Å². The lowest BCUT2D eigenvalue weighted by atomic mass is 10.0. The summed E-state index contributed by atoms with van der Waals surface area (Å²) in [6.45, 7) is 5.28. The zero-order valence-corrected chi connectivity index (χ0v) is 10.9. The molecule has 0 saturated heterocycles. The first-order valence-corrected chi connectivity index (χ1v) is 5.60. The van der Waals surface area contributed by atoms with Gasteiger partial charge in [0.05, 0.1) is 14.4 Å². The number of nitrogens with one attached hydrogen (secondary N) is 1. The van der Waals surface area contributed by atoms with Gasteiger partial charge >= 0.3 is 0 Å². The summed E-state index contributed by atoms with van der Waals surface area (Å²) in [5.41, 5.74) is -0.113. The molecule has 1 atom stereocenters. The van der Waals surface area contributed by atoms with Crippen LogP contribution in [0.1, 0.15) is 13.8 Å². The van der Waals surface area contributed by atoms with Gasteiger partial charge in [0.25, 0.3) is 0 Å². The van der Waals surface area contributed by atoms with Crippen LogP contribution < -0.4 is 5.32 Å². The molecule has 1 amide bonds. The summed E-state index contributed by atoms with van der Waals surface area (Å²) in [5.74, 6) is -0.203. The van der Waals surface area contributed by atoms with Gasteiger partial charge in [-0.3, -0.25) is 9.59 Å². The maximum absolute atomic E-state index is 11.2. The molecule has 15 heavy (non-hydrogen) atoms. The first-order chi connectivity index (χ1) is 7.11. The highest BCUT2D eigenvalue weighted by Gasteiger charge is 2.11. The Morgan fingerprint density at radius 1 is 1.40 bits per heavy atom. The zero-order chi connectivity index (χ0) is 12.3. The van der Waals surface area contributed by atoms with Crippen molar-refractivity contribution in [1.82, 2.24) is 10.2 Å². The van der Waals surface area contributed by atoms with Crippen LogP contribution in [0.5, 0.6) is 0 Å². The summed E-state index contributed by atoms with van der Waals surface area (Å²) in [6.07, 6.45) is -0.0539. The summed E-state index contributed by atoms with van der Waals surface area (Å²) in [6, 6.07) is 0. The standard InChI is InChI=1S/C7H14BN2O2P.C2H6/c1-9-2-3-10(5-7(12)13)6(11)4-8;1-2/h9H,2-5,13H2,1H3;1-2H3. The number of likely N-dealkylation sites (N-methyl/N-ethyl adjacent to an activating group) is 1. The fourth-order valence-corrected chi connectivity index (χ4v) is 1.08. The number of nitrogens with zero attached hydrogens (tertiary/aromatic N) is 1. The van der Waals surface area contributed by atoms with Gasteiger partial charge in [0.2, 0.25) is 5.91 Å². The Morgan fingerprint density at radius 2 is 1.93 bits per heavy atom. The lowest BCUT2D eigenvalue weighted by Gasteiger charge is -2.20. The molecule has 1 N–H and O–H groups in total. The monoisotopic (exact) mass is 230 g/mol. The van der Waals surface area contributed by atoms with Crippen molar-refractivity contribution in [3.8, 4) is 0 Å². The quantitative estimate of drug-likeness (QED) is 0.518.